The number of hydrogen-bond donors (Lipinski definition) is 0. The van der Waals surface area contributed by atoms with Gasteiger partial charge in [-0.3, -0.25) is 0 Å². The zero-order valence-corrected chi connectivity index (χ0v) is 11.6. The molecule has 1 spiro atoms. The number of benzene rings is 1. The fraction of sp³-hybridized carbons (Fsp3) is 0.533. The lowest BCUT2D eigenvalue weighted by Gasteiger charge is -2.41. The van der Waals surface area contributed by atoms with Crippen LogP contribution in [0.15, 0.2) is 29.3 Å². The van der Waals surface area contributed by atoms with Crippen molar-refractivity contribution in [2.45, 2.75) is 31.5 Å². The summed E-state index contributed by atoms with van der Waals surface area (Å²) >= 11 is 0. The van der Waals surface area contributed by atoms with Crippen LogP contribution in [-0.4, -0.2) is 25.4 Å². The molecule has 3 rings (SSSR count). The van der Waals surface area contributed by atoms with E-state index in [2.05, 4.69) is 4.99 Å². The van der Waals surface area contributed by atoms with E-state index in [9.17, 15) is 13.2 Å². The van der Waals surface area contributed by atoms with Crippen molar-refractivity contribution < 1.29 is 22.6 Å². The van der Waals surface area contributed by atoms with Crippen LogP contribution in [0.3, 0.4) is 0 Å². The number of alkyl halides is 3. The SMILES string of the molecule is CCOC1=NC[C@]2(O1)c1ccccc1CC[C@@H]2C(F)(F)F. The highest BCUT2D eigenvalue weighted by atomic mass is 19.4. The molecule has 1 aromatic rings. The third-order valence-electron chi connectivity index (χ3n) is 4.11. The molecule has 0 N–H and O–H groups in total. The summed E-state index contributed by atoms with van der Waals surface area (Å²) in [6.07, 6.45) is -3.96. The van der Waals surface area contributed by atoms with Crippen LogP contribution in [0.5, 0.6) is 0 Å². The van der Waals surface area contributed by atoms with Gasteiger partial charge in [-0.1, -0.05) is 24.3 Å². The highest BCUT2D eigenvalue weighted by molar-refractivity contribution is 5.70. The summed E-state index contributed by atoms with van der Waals surface area (Å²) in [6, 6.07) is 7.13. The van der Waals surface area contributed by atoms with E-state index in [1.807, 2.05) is 12.1 Å². The van der Waals surface area contributed by atoms with Crippen LogP contribution < -0.4 is 0 Å². The normalized spacial score (nSPS) is 28.0. The molecule has 0 aromatic heterocycles. The molecule has 1 heterocycles. The van der Waals surface area contributed by atoms with Crippen LogP contribution in [0.2, 0.25) is 0 Å². The van der Waals surface area contributed by atoms with Gasteiger partial charge >= 0.3 is 12.3 Å². The predicted molar refractivity (Wildman–Crippen MR) is 71.0 cm³/mol. The van der Waals surface area contributed by atoms with Gasteiger partial charge in [0, 0.05) is 5.56 Å². The van der Waals surface area contributed by atoms with Gasteiger partial charge in [-0.15, -0.1) is 0 Å². The number of aliphatic imine (C=N–C) groups is 1. The lowest BCUT2D eigenvalue weighted by molar-refractivity contribution is -0.227. The Bertz CT molecular complexity index is 570. The molecule has 0 radical (unpaired) electrons. The zero-order valence-electron chi connectivity index (χ0n) is 11.6. The maximum atomic E-state index is 13.5. The third kappa shape index (κ3) is 2.26. The van der Waals surface area contributed by atoms with Crippen molar-refractivity contribution in [3.63, 3.8) is 0 Å². The topological polar surface area (TPSA) is 30.8 Å². The quantitative estimate of drug-likeness (QED) is 0.795. The van der Waals surface area contributed by atoms with E-state index in [4.69, 9.17) is 9.47 Å². The van der Waals surface area contributed by atoms with Crippen molar-refractivity contribution in [3.8, 4) is 0 Å². The van der Waals surface area contributed by atoms with E-state index in [1.165, 1.54) is 0 Å². The standard InChI is InChI=1S/C15H16F3NO2/c1-2-20-13-19-9-14(21-13)11-6-4-3-5-10(11)7-8-12(14)15(16,17)18/h3-6,12H,2,7-9H2,1H3/t12-,14-/m0/s1. The highest BCUT2D eigenvalue weighted by Gasteiger charge is 2.60. The molecule has 21 heavy (non-hydrogen) atoms. The first kappa shape index (κ1) is 14.2. The average molecular weight is 299 g/mol. The molecular formula is C15H16F3NO2. The highest BCUT2D eigenvalue weighted by Crippen LogP contribution is 2.51. The van der Waals surface area contributed by atoms with Crippen molar-refractivity contribution in [3.05, 3.63) is 35.4 Å². The molecule has 1 aromatic carbocycles. The second-order valence-corrected chi connectivity index (χ2v) is 5.30. The molecule has 2 aliphatic rings. The average Bonchev–Trinajstić information content (AvgIpc) is 2.83. The van der Waals surface area contributed by atoms with Crippen molar-refractivity contribution >= 4 is 6.08 Å². The molecule has 1 aliphatic carbocycles. The molecule has 0 fully saturated rings. The minimum atomic E-state index is -4.33. The van der Waals surface area contributed by atoms with E-state index in [0.717, 1.165) is 5.56 Å². The summed E-state index contributed by atoms with van der Waals surface area (Å²) in [6.45, 7) is 2.00. The van der Waals surface area contributed by atoms with Gasteiger partial charge in [0.2, 0.25) is 0 Å². The molecular weight excluding hydrogens is 283 g/mol. The number of halogens is 3. The molecule has 0 amide bonds. The Kier molecular flexibility index (Phi) is 3.34. The summed E-state index contributed by atoms with van der Waals surface area (Å²) in [5, 5.41) is 0. The zero-order chi connectivity index (χ0) is 15.1. The summed E-state index contributed by atoms with van der Waals surface area (Å²) in [7, 11) is 0. The summed E-state index contributed by atoms with van der Waals surface area (Å²) in [5.41, 5.74) is 0.000372. The van der Waals surface area contributed by atoms with E-state index in [-0.39, 0.29) is 19.0 Å². The van der Waals surface area contributed by atoms with Crippen LogP contribution in [0.1, 0.15) is 24.5 Å². The van der Waals surface area contributed by atoms with Gasteiger partial charge in [0.05, 0.1) is 13.2 Å². The molecule has 3 nitrogen and oxygen atoms in total. The van der Waals surface area contributed by atoms with Crippen LogP contribution in [-0.2, 0) is 21.5 Å². The van der Waals surface area contributed by atoms with Crippen molar-refractivity contribution in [2.24, 2.45) is 10.9 Å². The smallest absolute Gasteiger partial charge is 0.396 e. The Balaban J connectivity index is 2.04. The van der Waals surface area contributed by atoms with Gasteiger partial charge in [-0.05, 0) is 25.3 Å². The fourth-order valence-corrected chi connectivity index (χ4v) is 3.22. The van der Waals surface area contributed by atoms with Gasteiger partial charge in [0.1, 0.15) is 5.92 Å². The summed E-state index contributed by atoms with van der Waals surface area (Å²) < 4.78 is 51.2. The van der Waals surface area contributed by atoms with E-state index < -0.39 is 17.7 Å². The molecule has 1 aliphatic heterocycles. The van der Waals surface area contributed by atoms with Crippen LogP contribution in [0.4, 0.5) is 13.2 Å². The predicted octanol–water partition coefficient (Wildman–Crippen LogP) is 3.43. The molecule has 0 unspecified atom stereocenters. The van der Waals surface area contributed by atoms with Crippen molar-refractivity contribution in [2.75, 3.05) is 13.2 Å². The Morgan fingerprint density at radius 3 is 2.86 bits per heavy atom. The summed E-state index contributed by atoms with van der Waals surface area (Å²) in [4.78, 5) is 4.04. The van der Waals surface area contributed by atoms with Crippen molar-refractivity contribution in [1.82, 2.24) is 0 Å². The molecule has 0 saturated carbocycles. The minimum Gasteiger partial charge on any atom is -0.451 e. The van der Waals surface area contributed by atoms with Gasteiger partial charge < -0.3 is 9.47 Å². The molecule has 0 bridgehead atoms. The van der Waals surface area contributed by atoms with Crippen LogP contribution in [0, 0.1) is 5.92 Å². The summed E-state index contributed by atoms with van der Waals surface area (Å²) in [5.74, 6) is -1.57. The van der Waals surface area contributed by atoms with Gasteiger partial charge in [0.25, 0.3) is 0 Å². The van der Waals surface area contributed by atoms with E-state index >= 15 is 0 Å². The van der Waals surface area contributed by atoms with Crippen LogP contribution in [0.25, 0.3) is 0 Å². The lowest BCUT2D eigenvalue weighted by Crippen LogP contribution is -2.49. The first-order valence-electron chi connectivity index (χ1n) is 6.98. The molecule has 0 saturated heterocycles. The maximum Gasteiger partial charge on any atom is 0.396 e. The Morgan fingerprint density at radius 1 is 1.38 bits per heavy atom. The number of aryl methyl sites for hydroxylation is 1. The number of hydrogen-bond acceptors (Lipinski definition) is 3. The monoisotopic (exact) mass is 299 g/mol. The fourth-order valence-electron chi connectivity index (χ4n) is 3.22. The Hall–Kier alpha value is -1.72. The van der Waals surface area contributed by atoms with Crippen molar-refractivity contribution in [1.29, 1.82) is 0 Å². The van der Waals surface area contributed by atoms with Gasteiger partial charge in [-0.2, -0.15) is 13.2 Å². The number of nitrogens with zero attached hydrogens (tertiary/aromatic N) is 1. The molecule has 2 atom stereocenters. The Labute approximate surface area is 120 Å². The second-order valence-electron chi connectivity index (χ2n) is 5.30. The van der Waals surface area contributed by atoms with Gasteiger partial charge in [-0.25, -0.2) is 4.99 Å². The molecule has 114 valence electrons. The van der Waals surface area contributed by atoms with E-state index in [0.29, 0.717) is 18.6 Å². The van der Waals surface area contributed by atoms with E-state index in [1.54, 1.807) is 19.1 Å². The maximum absolute atomic E-state index is 13.5. The lowest BCUT2D eigenvalue weighted by atomic mass is 9.71. The first-order chi connectivity index (χ1) is 9.97. The van der Waals surface area contributed by atoms with Gasteiger partial charge in [0.15, 0.2) is 5.60 Å². The largest absolute Gasteiger partial charge is 0.451 e. The Morgan fingerprint density at radius 2 is 2.14 bits per heavy atom. The number of rotatable bonds is 1. The molecule has 6 heteroatoms. The first-order valence-corrected chi connectivity index (χ1v) is 6.98. The second kappa shape index (κ2) is 4.93. The van der Waals surface area contributed by atoms with Crippen LogP contribution >= 0.6 is 0 Å². The minimum absolute atomic E-state index is 0.00936. The third-order valence-corrected chi connectivity index (χ3v) is 4.11. The number of ether oxygens (including phenoxy) is 2. The number of fused-ring (bicyclic) bond motifs is 2.